The Morgan fingerprint density at radius 3 is 2.34 bits per heavy atom. The molecule has 1 aliphatic heterocycles. The van der Waals surface area contributed by atoms with E-state index in [2.05, 4.69) is 29.1 Å². The van der Waals surface area contributed by atoms with Crippen LogP contribution in [-0.4, -0.2) is 64.2 Å². The Hall–Kier alpha value is -2.87. The van der Waals surface area contributed by atoms with Gasteiger partial charge in [0.15, 0.2) is 0 Å². The maximum atomic E-state index is 9.35. The molecule has 2 rings (SSSR count). The van der Waals surface area contributed by atoms with Crippen LogP contribution in [0.3, 0.4) is 0 Å². The van der Waals surface area contributed by atoms with Gasteiger partial charge in [-0.3, -0.25) is 4.90 Å². The molecule has 0 radical (unpaired) electrons. The van der Waals surface area contributed by atoms with E-state index in [0.29, 0.717) is 12.5 Å². The summed E-state index contributed by atoms with van der Waals surface area (Å²) < 4.78 is 5.45. The molecule has 160 valence electrons. The van der Waals surface area contributed by atoms with Crippen molar-refractivity contribution in [2.24, 2.45) is 11.1 Å². The van der Waals surface area contributed by atoms with E-state index >= 15 is 0 Å². The molecule has 8 nitrogen and oxygen atoms in total. The van der Waals surface area contributed by atoms with Gasteiger partial charge in [-0.25, -0.2) is 9.59 Å². The number of hydrogen-bond acceptors (Lipinski definition) is 6. The van der Waals surface area contributed by atoms with Gasteiger partial charge < -0.3 is 20.2 Å². The number of hydrogen-bond donors (Lipinski definition) is 3. The highest BCUT2D eigenvalue weighted by Gasteiger charge is 2.16. The van der Waals surface area contributed by atoms with Crippen molar-refractivity contribution < 1.29 is 29.7 Å². The molecule has 1 unspecified atom stereocenters. The van der Waals surface area contributed by atoms with Crippen molar-refractivity contribution in [2.75, 3.05) is 26.2 Å². The standard InChI is InChI=1S/C19H28N2O2.C2H2O4/c1-3-13-21-14-5-6-16(15-21)7-12-19(20-22)17-8-10-18(11-9-17)23-4-2;3-1(4)2(5)6/h5-6,8-11,16,22H,3-4,7,12-15H2,1-2H3;(H,3,4)(H,5,6)/b20-19-;. The van der Waals surface area contributed by atoms with Crippen LogP contribution in [0.2, 0.25) is 0 Å². The molecule has 0 bridgehead atoms. The fraction of sp³-hybridized carbons (Fsp3) is 0.476. The van der Waals surface area contributed by atoms with Crippen molar-refractivity contribution in [1.82, 2.24) is 4.90 Å². The number of nitrogens with zero attached hydrogens (tertiary/aromatic N) is 2. The lowest BCUT2D eigenvalue weighted by Crippen LogP contribution is -2.33. The molecular formula is C21H30N2O6. The van der Waals surface area contributed by atoms with Gasteiger partial charge in [0.1, 0.15) is 5.75 Å². The third-order valence-electron chi connectivity index (χ3n) is 4.36. The van der Waals surface area contributed by atoms with E-state index in [1.807, 2.05) is 31.2 Å². The van der Waals surface area contributed by atoms with E-state index in [1.54, 1.807) is 0 Å². The first-order valence-corrected chi connectivity index (χ1v) is 9.70. The zero-order valence-electron chi connectivity index (χ0n) is 17.0. The number of benzene rings is 1. The average molecular weight is 406 g/mol. The van der Waals surface area contributed by atoms with E-state index < -0.39 is 11.9 Å². The molecule has 3 N–H and O–H groups in total. The van der Waals surface area contributed by atoms with Gasteiger partial charge in [-0.05, 0) is 68.5 Å². The molecule has 1 aromatic rings. The molecule has 0 spiro atoms. The largest absolute Gasteiger partial charge is 0.494 e. The van der Waals surface area contributed by atoms with Crippen molar-refractivity contribution >= 4 is 17.7 Å². The Morgan fingerprint density at radius 2 is 1.83 bits per heavy atom. The van der Waals surface area contributed by atoms with E-state index in [0.717, 1.165) is 49.5 Å². The second kappa shape index (κ2) is 13.3. The highest BCUT2D eigenvalue weighted by molar-refractivity contribution is 6.27. The Bertz CT molecular complexity index is 688. The second-order valence-corrected chi connectivity index (χ2v) is 6.60. The fourth-order valence-electron chi connectivity index (χ4n) is 3.04. The highest BCUT2D eigenvalue weighted by atomic mass is 16.5. The van der Waals surface area contributed by atoms with Crippen LogP contribution in [-0.2, 0) is 9.59 Å². The van der Waals surface area contributed by atoms with Crippen LogP contribution < -0.4 is 4.74 Å². The normalized spacial score (nSPS) is 16.6. The molecule has 1 aromatic carbocycles. The third-order valence-corrected chi connectivity index (χ3v) is 4.36. The van der Waals surface area contributed by atoms with Crippen molar-refractivity contribution in [3.05, 3.63) is 42.0 Å². The predicted octanol–water partition coefficient (Wildman–Crippen LogP) is 3.10. The quantitative estimate of drug-likeness (QED) is 0.199. The predicted molar refractivity (Wildman–Crippen MR) is 110 cm³/mol. The lowest BCUT2D eigenvalue weighted by Gasteiger charge is -2.28. The molecule has 1 heterocycles. The minimum Gasteiger partial charge on any atom is -0.494 e. The van der Waals surface area contributed by atoms with E-state index in [9.17, 15) is 5.21 Å². The van der Waals surface area contributed by atoms with Gasteiger partial charge in [-0.15, -0.1) is 0 Å². The summed E-state index contributed by atoms with van der Waals surface area (Å²) >= 11 is 0. The van der Waals surface area contributed by atoms with Gasteiger partial charge in [0.05, 0.1) is 12.3 Å². The van der Waals surface area contributed by atoms with Crippen LogP contribution in [0, 0.1) is 5.92 Å². The molecule has 0 aliphatic carbocycles. The SMILES string of the molecule is CCCN1CC=CC(CC/C(=N/O)c2ccc(OCC)cc2)C1.O=C(O)C(=O)O. The molecule has 29 heavy (non-hydrogen) atoms. The number of rotatable bonds is 8. The third kappa shape index (κ3) is 9.25. The first-order chi connectivity index (χ1) is 13.9. The van der Waals surface area contributed by atoms with Crippen LogP contribution in [0.15, 0.2) is 41.6 Å². The molecular weight excluding hydrogens is 376 g/mol. The van der Waals surface area contributed by atoms with E-state index in [4.69, 9.17) is 24.5 Å². The number of carboxylic acids is 2. The number of ether oxygens (including phenoxy) is 1. The van der Waals surface area contributed by atoms with Gasteiger partial charge in [-0.2, -0.15) is 0 Å². The number of aliphatic carboxylic acids is 2. The van der Waals surface area contributed by atoms with Crippen molar-refractivity contribution in [2.45, 2.75) is 33.1 Å². The molecule has 0 fully saturated rings. The van der Waals surface area contributed by atoms with Crippen molar-refractivity contribution in [3.63, 3.8) is 0 Å². The van der Waals surface area contributed by atoms with Gasteiger partial charge in [-0.1, -0.05) is 24.2 Å². The molecule has 0 saturated carbocycles. The molecule has 0 aromatic heterocycles. The zero-order chi connectivity index (χ0) is 21.6. The molecule has 1 atom stereocenters. The van der Waals surface area contributed by atoms with Gasteiger partial charge in [0, 0.05) is 13.1 Å². The topological polar surface area (TPSA) is 120 Å². The molecule has 8 heteroatoms. The summed E-state index contributed by atoms with van der Waals surface area (Å²) in [6.07, 6.45) is 7.54. The van der Waals surface area contributed by atoms with E-state index in [-0.39, 0.29) is 0 Å². The Kier molecular flexibility index (Phi) is 11.1. The Labute approximate surface area is 171 Å². The molecule has 1 aliphatic rings. The average Bonchev–Trinajstić information content (AvgIpc) is 2.71. The molecule has 0 amide bonds. The zero-order valence-corrected chi connectivity index (χ0v) is 17.0. The first kappa shape index (κ1) is 24.2. The van der Waals surface area contributed by atoms with Crippen LogP contribution in [0.1, 0.15) is 38.7 Å². The van der Waals surface area contributed by atoms with Crippen molar-refractivity contribution in [1.29, 1.82) is 0 Å². The minimum atomic E-state index is -1.82. The number of carboxylic acid groups (broad SMARTS) is 2. The summed E-state index contributed by atoms with van der Waals surface area (Å²) in [5.74, 6) is -2.27. The lowest BCUT2D eigenvalue weighted by atomic mass is 9.95. The maximum absolute atomic E-state index is 9.35. The van der Waals surface area contributed by atoms with Gasteiger partial charge in [0.25, 0.3) is 0 Å². The van der Waals surface area contributed by atoms with Gasteiger partial charge >= 0.3 is 11.9 Å². The summed E-state index contributed by atoms with van der Waals surface area (Å²) in [7, 11) is 0. The summed E-state index contributed by atoms with van der Waals surface area (Å²) in [5, 5.41) is 27.6. The summed E-state index contributed by atoms with van der Waals surface area (Å²) in [5.41, 5.74) is 1.70. The van der Waals surface area contributed by atoms with Crippen LogP contribution in [0.5, 0.6) is 5.75 Å². The molecule has 0 saturated heterocycles. The van der Waals surface area contributed by atoms with Crippen LogP contribution >= 0.6 is 0 Å². The van der Waals surface area contributed by atoms with Crippen molar-refractivity contribution in [3.8, 4) is 5.75 Å². The van der Waals surface area contributed by atoms with Gasteiger partial charge in [0.2, 0.25) is 0 Å². The fourth-order valence-corrected chi connectivity index (χ4v) is 3.04. The highest BCUT2D eigenvalue weighted by Crippen LogP contribution is 2.19. The first-order valence-electron chi connectivity index (χ1n) is 9.70. The lowest BCUT2D eigenvalue weighted by molar-refractivity contribution is -0.159. The Balaban J connectivity index is 0.000000612. The summed E-state index contributed by atoms with van der Waals surface area (Å²) in [6, 6.07) is 7.77. The maximum Gasteiger partial charge on any atom is 0.414 e. The van der Waals surface area contributed by atoms with Crippen LogP contribution in [0.4, 0.5) is 0 Å². The monoisotopic (exact) mass is 406 g/mol. The smallest absolute Gasteiger partial charge is 0.414 e. The minimum absolute atomic E-state index is 0.537. The number of carbonyl (C=O) groups is 2. The van der Waals surface area contributed by atoms with E-state index in [1.165, 1.54) is 6.42 Å². The van der Waals surface area contributed by atoms with Crippen LogP contribution in [0.25, 0.3) is 0 Å². The Morgan fingerprint density at radius 1 is 1.17 bits per heavy atom. The summed E-state index contributed by atoms with van der Waals surface area (Å²) in [4.78, 5) is 20.7. The second-order valence-electron chi connectivity index (χ2n) is 6.60. The number of oxime groups is 1. The summed E-state index contributed by atoms with van der Waals surface area (Å²) in [6.45, 7) is 8.16.